The van der Waals surface area contributed by atoms with Crippen LogP contribution in [0.5, 0.6) is 0 Å². The van der Waals surface area contributed by atoms with Gasteiger partial charge in [-0.05, 0) is 31.5 Å². The Labute approximate surface area is 115 Å². The van der Waals surface area contributed by atoms with E-state index in [1.807, 2.05) is 0 Å². The van der Waals surface area contributed by atoms with Crippen LogP contribution in [0.1, 0.15) is 12.8 Å². The van der Waals surface area contributed by atoms with E-state index in [4.69, 9.17) is 17.3 Å². The highest BCUT2D eigenvalue weighted by molar-refractivity contribution is 7.89. The first-order valence-corrected chi connectivity index (χ1v) is 7.38. The van der Waals surface area contributed by atoms with Crippen LogP contribution in [0.3, 0.4) is 0 Å². The maximum Gasteiger partial charge on any atom is 0.289 e. The van der Waals surface area contributed by atoms with Crippen molar-refractivity contribution >= 4 is 27.3 Å². The Morgan fingerprint density at radius 3 is 2.63 bits per heavy atom. The van der Waals surface area contributed by atoms with E-state index < -0.39 is 25.5 Å². The van der Waals surface area contributed by atoms with Crippen molar-refractivity contribution in [3.63, 3.8) is 0 Å². The number of nitrogens with two attached hydrogens (primary N) is 1. The third-order valence-corrected chi connectivity index (χ3v) is 4.06. The van der Waals surface area contributed by atoms with Crippen molar-refractivity contribution in [2.75, 3.05) is 13.1 Å². The number of benzene rings is 1. The van der Waals surface area contributed by atoms with E-state index >= 15 is 0 Å². The number of sulfonamides is 1. The van der Waals surface area contributed by atoms with Gasteiger partial charge in [0.05, 0.1) is 4.92 Å². The van der Waals surface area contributed by atoms with Gasteiger partial charge in [-0.3, -0.25) is 10.1 Å². The second-order valence-electron chi connectivity index (χ2n) is 3.76. The van der Waals surface area contributed by atoms with Crippen LogP contribution in [-0.2, 0) is 10.0 Å². The summed E-state index contributed by atoms with van der Waals surface area (Å²) < 4.78 is 26.2. The van der Waals surface area contributed by atoms with Crippen molar-refractivity contribution in [1.82, 2.24) is 4.72 Å². The van der Waals surface area contributed by atoms with Gasteiger partial charge in [-0.2, -0.15) is 0 Å². The molecule has 1 aromatic rings. The van der Waals surface area contributed by atoms with E-state index in [1.54, 1.807) is 0 Å². The maximum absolute atomic E-state index is 12.0. The number of rotatable bonds is 7. The molecule has 106 valence electrons. The first-order valence-electron chi connectivity index (χ1n) is 5.52. The second-order valence-corrected chi connectivity index (χ2v) is 5.93. The summed E-state index contributed by atoms with van der Waals surface area (Å²) >= 11 is 5.68. The number of hydrogen-bond acceptors (Lipinski definition) is 5. The Morgan fingerprint density at radius 2 is 2.05 bits per heavy atom. The van der Waals surface area contributed by atoms with Crippen molar-refractivity contribution in [3.05, 3.63) is 33.3 Å². The number of nitrogens with zero attached hydrogens (tertiary/aromatic N) is 1. The van der Waals surface area contributed by atoms with Crippen LogP contribution in [0.25, 0.3) is 0 Å². The van der Waals surface area contributed by atoms with E-state index in [9.17, 15) is 18.5 Å². The SMILES string of the molecule is NCCCCNS(=O)(=O)c1cc(Cl)ccc1[N+](=O)[O-]. The molecule has 0 bridgehead atoms. The van der Waals surface area contributed by atoms with E-state index in [1.165, 1.54) is 6.07 Å². The summed E-state index contributed by atoms with van der Waals surface area (Å²) in [5.74, 6) is 0. The zero-order chi connectivity index (χ0) is 14.5. The lowest BCUT2D eigenvalue weighted by Gasteiger charge is -2.07. The van der Waals surface area contributed by atoms with Gasteiger partial charge < -0.3 is 5.73 Å². The molecule has 0 spiro atoms. The molecule has 0 aliphatic rings. The molecule has 19 heavy (non-hydrogen) atoms. The maximum atomic E-state index is 12.0. The fourth-order valence-electron chi connectivity index (χ4n) is 1.41. The van der Waals surface area contributed by atoms with Gasteiger partial charge in [0.2, 0.25) is 10.0 Å². The molecule has 0 atom stereocenters. The summed E-state index contributed by atoms with van der Waals surface area (Å²) in [7, 11) is -3.96. The van der Waals surface area contributed by atoms with Crippen molar-refractivity contribution in [3.8, 4) is 0 Å². The van der Waals surface area contributed by atoms with Crippen molar-refractivity contribution in [2.24, 2.45) is 5.73 Å². The molecule has 1 aromatic carbocycles. The van der Waals surface area contributed by atoms with Gasteiger partial charge in [0, 0.05) is 17.6 Å². The average Bonchev–Trinajstić information content (AvgIpc) is 2.34. The third kappa shape index (κ3) is 4.43. The molecule has 0 unspecified atom stereocenters. The molecule has 0 amide bonds. The van der Waals surface area contributed by atoms with Crippen molar-refractivity contribution in [2.45, 2.75) is 17.7 Å². The fourth-order valence-corrected chi connectivity index (χ4v) is 2.91. The Hall–Kier alpha value is -1.22. The van der Waals surface area contributed by atoms with E-state index in [0.717, 1.165) is 12.1 Å². The lowest BCUT2D eigenvalue weighted by molar-refractivity contribution is -0.387. The molecule has 0 heterocycles. The van der Waals surface area contributed by atoms with Gasteiger partial charge in [-0.1, -0.05) is 11.6 Å². The number of nitrogens with one attached hydrogen (secondary N) is 1. The highest BCUT2D eigenvalue weighted by Crippen LogP contribution is 2.26. The molecule has 0 saturated carbocycles. The first kappa shape index (κ1) is 15.8. The lowest BCUT2D eigenvalue weighted by Crippen LogP contribution is -2.26. The minimum atomic E-state index is -3.96. The molecule has 9 heteroatoms. The molecular weight excluding hydrogens is 294 g/mol. The monoisotopic (exact) mass is 307 g/mol. The van der Waals surface area contributed by atoms with Gasteiger partial charge in [-0.25, -0.2) is 13.1 Å². The number of nitro benzene ring substituents is 1. The van der Waals surface area contributed by atoms with E-state index in [-0.39, 0.29) is 11.6 Å². The first-order chi connectivity index (χ1) is 8.88. The number of unbranched alkanes of at least 4 members (excludes halogenated alkanes) is 1. The summed E-state index contributed by atoms with van der Waals surface area (Å²) in [4.78, 5) is 9.62. The third-order valence-electron chi connectivity index (χ3n) is 2.33. The van der Waals surface area contributed by atoms with Gasteiger partial charge in [-0.15, -0.1) is 0 Å². The Morgan fingerprint density at radius 1 is 1.37 bits per heavy atom. The van der Waals surface area contributed by atoms with E-state index in [0.29, 0.717) is 19.4 Å². The highest BCUT2D eigenvalue weighted by atomic mass is 35.5. The average molecular weight is 308 g/mol. The summed E-state index contributed by atoms with van der Waals surface area (Å²) in [5.41, 5.74) is 4.79. The van der Waals surface area contributed by atoms with Crippen LogP contribution in [0.15, 0.2) is 23.1 Å². The zero-order valence-corrected chi connectivity index (χ0v) is 11.6. The molecule has 1 rings (SSSR count). The second kappa shape index (κ2) is 6.80. The molecule has 7 nitrogen and oxygen atoms in total. The molecule has 0 saturated heterocycles. The summed E-state index contributed by atoms with van der Waals surface area (Å²) in [6, 6.07) is 3.40. The molecular formula is C10H14ClN3O4S. The Bertz CT molecular complexity index is 562. The quantitative estimate of drug-likeness (QED) is 0.447. The number of nitro groups is 1. The standard InChI is InChI=1S/C10H14ClN3O4S/c11-8-3-4-9(14(15)16)10(7-8)19(17,18)13-6-2-1-5-12/h3-4,7,13H,1-2,5-6,12H2. The molecule has 0 aliphatic carbocycles. The van der Waals surface area contributed by atoms with Crippen LogP contribution in [0, 0.1) is 10.1 Å². The van der Waals surface area contributed by atoms with Crippen molar-refractivity contribution < 1.29 is 13.3 Å². The van der Waals surface area contributed by atoms with Crippen LogP contribution in [0.4, 0.5) is 5.69 Å². The van der Waals surface area contributed by atoms with Gasteiger partial charge in [0.1, 0.15) is 0 Å². The number of halogens is 1. The van der Waals surface area contributed by atoms with Gasteiger partial charge >= 0.3 is 0 Å². The van der Waals surface area contributed by atoms with Crippen LogP contribution >= 0.6 is 11.6 Å². The molecule has 0 radical (unpaired) electrons. The topological polar surface area (TPSA) is 115 Å². The predicted octanol–water partition coefficient (Wildman–Crippen LogP) is 1.27. The van der Waals surface area contributed by atoms with Crippen LogP contribution in [0.2, 0.25) is 5.02 Å². The van der Waals surface area contributed by atoms with Crippen LogP contribution < -0.4 is 10.5 Å². The summed E-state index contributed by atoms with van der Waals surface area (Å²) in [6.45, 7) is 0.627. The van der Waals surface area contributed by atoms with Crippen LogP contribution in [-0.4, -0.2) is 26.4 Å². The minimum absolute atomic E-state index is 0.118. The van der Waals surface area contributed by atoms with Gasteiger partial charge in [0.25, 0.3) is 5.69 Å². The summed E-state index contributed by atoms with van der Waals surface area (Å²) in [6.07, 6.45) is 1.23. The normalized spacial score (nSPS) is 11.5. The molecule has 3 N–H and O–H groups in total. The Kier molecular flexibility index (Phi) is 5.67. The smallest absolute Gasteiger partial charge is 0.289 e. The predicted molar refractivity (Wildman–Crippen MR) is 71.6 cm³/mol. The molecule has 0 fully saturated rings. The largest absolute Gasteiger partial charge is 0.330 e. The number of hydrogen-bond donors (Lipinski definition) is 2. The van der Waals surface area contributed by atoms with Gasteiger partial charge in [0.15, 0.2) is 4.90 Å². The zero-order valence-electron chi connectivity index (χ0n) is 10.0. The Balaban J connectivity index is 3.00. The molecule has 0 aromatic heterocycles. The lowest BCUT2D eigenvalue weighted by atomic mass is 10.3. The summed E-state index contributed by atoms with van der Waals surface area (Å²) in [5, 5.41) is 10.9. The minimum Gasteiger partial charge on any atom is -0.330 e. The molecule has 0 aliphatic heterocycles. The van der Waals surface area contributed by atoms with Crippen molar-refractivity contribution in [1.29, 1.82) is 0 Å². The van der Waals surface area contributed by atoms with E-state index in [2.05, 4.69) is 4.72 Å². The highest BCUT2D eigenvalue weighted by Gasteiger charge is 2.25. The fraction of sp³-hybridized carbons (Fsp3) is 0.400.